The molecule has 1 aliphatic rings. The summed E-state index contributed by atoms with van der Waals surface area (Å²) in [6, 6.07) is 0. The minimum atomic E-state index is -0.266. The van der Waals surface area contributed by atoms with Crippen LogP contribution in [0.25, 0.3) is 0 Å². The molecule has 0 aromatic heterocycles. The van der Waals surface area contributed by atoms with Crippen LogP contribution in [-0.4, -0.2) is 62.6 Å². The average Bonchev–Trinajstić information content (AvgIpc) is 2.64. The van der Waals surface area contributed by atoms with Crippen molar-refractivity contribution < 1.29 is 9.84 Å². The Balaban J connectivity index is 2.42. The van der Waals surface area contributed by atoms with Crippen LogP contribution in [0.5, 0.6) is 0 Å². The Labute approximate surface area is 112 Å². The number of hydrogen-bond acceptors (Lipinski definition) is 4. The standard InChI is InChI=1S/C14H30N2O2/c1-12(2)7-15-9-14(5-6-18-11-14)10-16(4)8-13(3)17/h12-13,15,17H,5-11H2,1-4H3. The van der Waals surface area contributed by atoms with Crippen molar-refractivity contribution in [2.45, 2.75) is 33.3 Å². The summed E-state index contributed by atoms with van der Waals surface area (Å²) < 4.78 is 5.59. The summed E-state index contributed by atoms with van der Waals surface area (Å²) in [5, 5.41) is 13.0. The van der Waals surface area contributed by atoms with E-state index in [2.05, 4.69) is 31.1 Å². The fraction of sp³-hybridized carbons (Fsp3) is 1.00. The van der Waals surface area contributed by atoms with Crippen molar-refractivity contribution in [3.63, 3.8) is 0 Å². The number of hydrogen-bond donors (Lipinski definition) is 2. The van der Waals surface area contributed by atoms with E-state index in [4.69, 9.17) is 4.74 Å². The third-order valence-electron chi connectivity index (χ3n) is 3.42. The van der Waals surface area contributed by atoms with E-state index in [0.29, 0.717) is 5.92 Å². The number of likely N-dealkylation sites (N-methyl/N-ethyl adjacent to an activating group) is 1. The molecule has 1 fully saturated rings. The van der Waals surface area contributed by atoms with E-state index >= 15 is 0 Å². The van der Waals surface area contributed by atoms with Crippen molar-refractivity contribution in [1.82, 2.24) is 10.2 Å². The second kappa shape index (κ2) is 7.43. The molecular formula is C14H30N2O2. The SMILES string of the molecule is CC(C)CNCC1(CN(C)CC(C)O)CCOC1. The van der Waals surface area contributed by atoms with Crippen molar-refractivity contribution in [1.29, 1.82) is 0 Å². The van der Waals surface area contributed by atoms with Gasteiger partial charge in [-0.05, 0) is 32.9 Å². The lowest BCUT2D eigenvalue weighted by Crippen LogP contribution is -2.45. The van der Waals surface area contributed by atoms with Crippen molar-refractivity contribution >= 4 is 0 Å². The predicted octanol–water partition coefficient (Wildman–Crippen LogP) is 0.951. The van der Waals surface area contributed by atoms with E-state index < -0.39 is 0 Å². The summed E-state index contributed by atoms with van der Waals surface area (Å²) in [6.45, 7) is 11.8. The van der Waals surface area contributed by atoms with Crippen molar-refractivity contribution in [3.8, 4) is 0 Å². The molecule has 18 heavy (non-hydrogen) atoms. The first-order chi connectivity index (χ1) is 8.43. The van der Waals surface area contributed by atoms with Gasteiger partial charge in [0.25, 0.3) is 0 Å². The summed E-state index contributed by atoms with van der Waals surface area (Å²) in [4.78, 5) is 2.22. The van der Waals surface area contributed by atoms with E-state index in [1.54, 1.807) is 0 Å². The van der Waals surface area contributed by atoms with Crippen LogP contribution in [0.1, 0.15) is 27.2 Å². The first-order valence-corrected chi connectivity index (χ1v) is 7.09. The maximum atomic E-state index is 9.44. The van der Waals surface area contributed by atoms with Gasteiger partial charge in [0.15, 0.2) is 0 Å². The minimum absolute atomic E-state index is 0.221. The predicted molar refractivity (Wildman–Crippen MR) is 74.8 cm³/mol. The van der Waals surface area contributed by atoms with Crippen molar-refractivity contribution in [2.24, 2.45) is 11.3 Å². The van der Waals surface area contributed by atoms with E-state index in [0.717, 1.165) is 45.8 Å². The summed E-state index contributed by atoms with van der Waals surface area (Å²) in [6.07, 6.45) is 0.848. The van der Waals surface area contributed by atoms with Gasteiger partial charge in [0, 0.05) is 31.7 Å². The summed E-state index contributed by atoms with van der Waals surface area (Å²) in [7, 11) is 2.08. The Morgan fingerprint density at radius 1 is 1.39 bits per heavy atom. The first kappa shape index (κ1) is 15.9. The number of rotatable bonds is 8. The number of ether oxygens (including phenoxy) is 1. The van der Waals surface area contributed by atoms with Gasteiger partial charge < -0.3 is 20.1 Å². The highest BCUT2D eigenvalue weighted by molar-refractivity contribution is 4.88. The summed E-state index contributed by atoms with van der Waals surface area (Å²) >= 11 is 0. The summed E-state index contributed by atoms with van der Waals surface area (Å²) in [5.74, 6) is 0.680. The van der Waals surface area contributed by atoms with Crippen LogP contribution in [0.2, 0.25) is 0 Å². The Kier molecular flexibility index (Phi) is 6.57. The smallest absolute Gasteiger partial charge is 0.0638 e. The van der Waals surface area contributed by atoms with Gasteiger partial charge >= 0.3 is 0 Å². The highest BCUT2D eigenvalue weighted by Gasteiger charge is 2.35. The lowest BCUT2D eigenvalue weighted by molar-refractivity contribution is 0.0882. The van der Waals surface area contributed by atoms with E-state index in [9.17, 15) is 5.11 Å². The van der Waals surface area contributed by atoms with Crippen LogP contribution in [0.3, 0.4) is 0 Å². The lowest BCUT2D eigenvalue weighted by Gasteiger charge is -2.33. The first-order valence-electron chi connectivity index (χ1n) is 7.09. The van der Waals surface area contributed by atoms with Crippen LogP contribution in [-0.2, 0) is 4.74 Å². The van der Waals surface area contributed by atoms with Gasteiger partial charge in [-0.1, -0.05) is 13.8 Å². The molecule has 4 heteroatoms. The van der Waals surface area contributed by atoms with Crippen molar-refractivity contribution in [3.05, 3.63) is 0 Å². The maximum Gasteiger partial charge on any atom is 0.0638 e. The molecule has 2 atom stereocenters. The van der Waals surface area contributed by atoms with Crippen LogP contribution < -0.4 is 5.32 Å². The van der Waals surface area contributed by atoms with Gasteiger partial charge in [0.2, 0.25) is 0 Å². The molecule has 1 aliphatic heterocycles. The molecule has 1 heterocycles. The Bertz CT molecular complexity index is 226. The zero-order valence-electron chi connectivity index (χ0n) is 12.4. The minimum Gasteiger partial charge on any atom is -0.392 e. The van der Waals surface area contributed by atoms with Crippen LogP contribution in [0.4, 0.5) is 0 Å². The number of nitrogens with zero attached hydrogens (tertiary/aromatic N) is 1. The normalized spacial score (nSPS) is 26.2. The molecule has 0 aromatic carbocycles. The maximum absolute atomic E-state index is 9.44. The van der Waals surface area contributed by atoms with Gasteiger partial charge in [-0.25, -0.2) is 0 Å². The van der Waals surface area contributed by atoms with Gasteiger partial charge in [0.1, 0.15) is 0 Å². The third-order valence-corrected chi connectivity index (χ3v) is 3.42. The molecule has 1 rings (SSSR count). The monoisotopic (exact) mass is 258 g/mol. The van der Waals surface area contributed by atoms with E-state index in [1.807, 2.05) is 6.92 Å². The molecule has 0 radical (unpaired) electrons. The number of nitrogens with one attached hydrogen (secondary N) is 1. The van der Waals surface area contributed by atoms with E-state index in [-0.39, 0.29) is 11.5 Å². The number of aliphatic hydroxyl groups is 1. The zero-order chi connectivity index (χ0) is 13.6. The Morgan fingerprint density at radius 2 is 2.11 bits per heavy atom. The molecule has 108 valence electrons. The zero-order valence-corrected chi connectivity index (χ0v) is 12.4. The topological polar surface area (TPSA) is 44.7 Å². The Morgan fingerprint density at radius 3 is 2.61 bits per heavy atom. The molecule has 2 N–H and O–H groups in total. The fourth-order valence-corrected chi connectivity index (χ4v) is 2.68. The molecule has 0 spiro atoms. The highest BCUT2D eigenvalue weighted by Crippen LogP contribution is 2.28. The van der Waals surface area contributed by atoms with Gasteiger partial charge in [-0.2, -0.15) is 0 Å². The molecule has 0 bridgehead atoms. The van der Waals surface area contributed by atoms with Crippen molar-refractivity contribution in [2.75, 3.05) is 46.4 Å². The molecule has 0 aromatic rings. The molecule has 2 unspecified atom stereocenters. The highest BCUT2D eigenvalue weighted by atomic mass is 16.5. The largest absolute Gasteiger partial charge is 0.392 e. The van der Waals surface area contributed by atoms with Crippen LogP contribution >= 0.6 is 0 Å². The number of aliphatic hydroxyl groups excluding tert-OH is 1. The molecule has 4 nitrogen and oxygen atoms in total. The van der Waals surface area contributed by atoms with Crippen LogP contribution in [0, 0.1) is 11.3 Å². The lowest BCUT2D eigenvalue weighted by atomic mass is 9.86. The molecule has 0 amide bonds. The van der Waals surface area contributed by atoms with E-state index in [1.165, 1.54) is 0 Å². The molecule has 0 saturated carbocycles. The third kappa shape index (κ3) is 5.65. The molecule has 1 saturated heterocycles. The van der Waals surface area contributed by atoms with Gasteiger partial charge in [-0.15, -0.1) is 0 Å². The van der Waals surface area contributed by atoms with Gasteiger partial charge in [0.05, 0.1) is 12.7 Å². The quantitative estimate of drug-likeness (QED) is 0.680. The molecule has 0 aliphatic carbocycles. The average molecular weight is 258 g/mol. The Hall–Kier alpha value is -0.160. The summed E-state index contributed by atoms with van der Waals surface area (Å²) in [5.41, 5.74) is 0.221. The fourth-order valence-electron chi connectivity index (χ4n) is 2.68. The van der Waals surface area contributed by atoms with Gasteiger partial charge in [-0.3, -0.25) is 0 Å². The second-order valence-electron chi connectivity index (χ2n) is 6.37. The second-order valence-corrected chi connectivity index (χ2v) is 6.37. The van der Waals surface area contributed by atoms with Crippen LogP contribution in [0.15, 0.2) is 0 Å². The molecular weight excluding hydrogens is 228 g/mol.